The van der Waals surface area contributed by atoms with E-state index in [4.69, 9.17) is 10.8 Å². The fraction of sp³-hybridized carbons (Fsp3) is 0.762. The number of hydrogen-bond donors (Lipinski definition) is 6. The van der Waals surface area contributed by atoms with Crippen molar-refractivity contribution < 1.29 is 44.4 Å². The van der Waals surface area contributed by atoms with Gasteiger partial charge < -0.3 is 31.5 Å². The van der Waals surface area contributed by atoms with Crippen LogP contribution in [0.25, 0.3) is 0 Å². The number of nitrogens with one attached hydrogen (secondary N) is 1. The normalized spacial score (nSPS) is 18.5. The number of aliphatic carboxylic acids is 4. The maximum atomic E-state index is 12.5. The molecule has 15 nitrogen and oxygen atoms in total. The maximum absolute atomic E-state index is 12.5. The van der Waals surface area contributed by atoms with Crippen molar-refractivity contribution in [3.8, 4) is 0 Å². The molecule has 7 N–H and O–H groups in total. The van der Waals surface area contributed by atoms with E-state index >= 15 is 0 Å². The lowest BCUT2D eigenvalue weighted by Gasteiger charge is -2.32. The molecule has 36 heavy (non-hydrogen) atoms. The molecule has 206 valence electrons. The van der Waals surface area contributed by atoms with Gasteiger partial charge in [-0.15, -0.1) is 0 Å². The van der Waals surface area contributed by atoms with Crippen LogP contribution in [0.3, 0.4) is 0 Å². The Morgan fingerprint density at radius 3 is 1.28 bits per heavy atom. The molecule has 1 aliphatic heterocycles. The molecule has 1 fully saturated rings. The highest BCUT2D eigenvalue weighted by atomic mass is 16.4. The topological polar surface area (TPSA) is 217 Å². The summed E-state index contributed by atoms with van der Waals surface area (Å²) in [5.41, 5.74) is 5.45. The number of rotatable bonds is 13. The van der Waals surface area contributed by atoms with Gasteiger partial charge in [-0.1, -0.05) is 0 Å². The van der Waals surface area contributed by atoms with Crippen LogP contribution >= 0.6 is 0 Å². The number of amides is 1. The molecule has 0 bridgehead atoms. The molecule has 0 aromatic rings. The third-order valence-electron chi connectivity index (χ3n) is 5.70. The highest BCUT2D eigenvalue weighted by Crippen LogP contribution is 2.02. The smallest absolute Gasteiger partial charge is 0.320 e. The zero-order chi connectivity index (χ0) is 27.1. The van der Waals surface area contributed by atoms with E-state index in [0.29, 0.717) is 58.8 Å². The van der Waals surface area contributed by atoms with Crippen LogP contribution in [0.2, 0.25) is 0 Å². The Morgan fingerprint density at radius 1 is 0.639 bits per heavy atom. The van der Waals surface area contributed by atoms with Crippen molar-refractivity contribution in [1.82, 2.24) is 24.9 Å². The van der Waals surface area contributed by atoms with E-state index in [-0.39, 0.29) is 45.1 Å². The lowest BCUT2D eigenvalue weighted by atomic mass is 10.2. The van der Waals surface area contributed by atoms with E-state index < -0.39 is 29.9 Å². The number of carbonyl (C=O) groups is 5. The van der Waals surface area contributed by atoms with Gasteiger partial charge in [0.2, 0.25) is 5.91 Å². The second-order valence-electron chi connectivity index (χ2n) is 8.72. The fourth-order valence-electron chi connectivity index (χ4n) is 3.72. The van der Waals surface area contributed by atoms with Crippen LogP contribution < -0.4 is 11.1 Å². The van der Waals surface area contributed by atoms with Crippen molar-refractivity contribution in [3.63, 3.8) is 0 Å². The molecule has 0 saturated carbocycles. The lowest BCUT2D eigenvalue weighted by molar-refractivity contribution is -0.140. The summed E-state index contributed by atoms with van der Waals surface area (Å²) in [6.07, 6.45) is 0.608. The first-order valence-corrected chi connectivity index (χ1v) is 11.8. The lowest BCUT2D eigenvalue weighted by Crippen LogP contribution is -2.49. The summed E-state index contributed by atoms with van der Waals surface area (Å²) in [6.45, 7) is 2.00. The minimum atomic E-state index is -1.11. The zero-order valence-electron chi connectivity index (χ0n) is 20.4. The number of carbonyl (C=O) groups excluding carboxylic acids is 1. The summed E-state index contributed by atoms with van der Waals surface area (Å²) in [6, 6.07) is -0.996. The van der Waals surface area contributed by atoms with Gasteiger partial charge in [-0.3, -0.25) is 43.6 Å². The van der Waals surface area contributed by atoms with E-state index in [0.717, 1.165) is 0 Å². The van der Waals surface area contributed by atoms with Crippen LogP contribution in [0.4, 0.5) is 0 Å². The molecule has 0 spiro atoms. The van der Waals surface area contributed by atoms with Crippen LogP contribution in [-0.2, 0) is 24.0 Å². The minimum Gasteiger partial charge on any atom is -0.480 e. The zero-order valence-corrected chi connectivity index (χ0v) is 20.4. The molecule has 1 rings (SSSR count). The quantitative estimate of drug-likeness (QED) is 0.132. The first-order valence-electron chi connectivity index (χ1n) is 11.8. The van der Waals surface area contributed by atoms with E-state index in [2.05, 4.69) is 5.32 Å². The SMILES string of the molecule is N[C@@H](CCCNC(=O)CN1CCN(CC(=O)O)CCN(CC(=O)O)CCN(CC(=O)O)CC1)C(=O)O. The summed E-state index contributed by atoms with van der Waals surface area (Å²) in [5.74, 6) is -4.48. The van der Waals surface area contributed by atoms with Gasteiger partial charge in [-0.2, -0.15) is 0 Å². The molecule has 1 saturated heterocycles. The Morgan fingerprint density at radius 2 is 0.972 bits per heavy atom. The Kier molecular flexibility index (Phi) is 14.5. The molecule has 1 aliphatic rings. The second kappa shape index (κ2) is 16.8. The Balaban J connectivity index is 2.82. The summed E-state index contributed by atoms with van der Waals surface area (Å²) in [5, 5.41) is 39.2. The Bertz CT molecular complexity index is 721. The Labute approximate surface area is 209 Å². The molecule has 1 amide bonds. The van der Waals surface area contributed by atoms with E-state index in [1.165, 1.54) is 0 Å². The molecular formula is C21H38N6O9. The van der Waals surface area contributed by atoms with Crippen molar-refractivity contribution in [3.05, 3.63) is 0 Å². The van der Waals surface area contributed by atoms with Crippen molar-refractivity contribution in [2.75, 3.05) is 85.1 Å². The van der Waals surface area contributed by atoms with Crippen LogP contribution in [0, 0.1) is 0 Å². The van der Waals surface area contributed by atoms with Crippen molar-refractivity contribution in [2.45, 2.75) is 18.9 Å². The largest absolute Gasteiger partial charge is 0.480 e. The summed E-state index contributed by atoms with van der Waals surface area (Å²) in [7, 11) is 0. The van der Waals surface area contributed by atoms with Gasteiger partial charge in [0, 0.05) is 58.9 Å². The standard InChI is InChI=1S/C21H38N6O9/c22-16(21(35)36)2-1-3-23-17(28)12-24-4-6-25(13-18(29)30)8-10-27(15-20(33)34)11-9-26(7-5-24)14-19(31)32/h16H,1-15,22H2,(H,23,28)(H,29,30)(H,31,32)(H,33,34)(H,35,36)/t16-/m0/s1. The summed E-state index contributed by atoms with van der Waals surface area (Å²) < 4.78 is 0. The molecule has 0 aromatic heterocycles. The number of hydrogen-bond acceptors (Lipinski definition) is 10. The molecule has 0 unspecified atom stereocenters. The summed E-state index contributed by atoms with van der Waals surface area (Å²) in [4.78, 5) is 63.9. The molecule has 0 aliphatic carbocycles. The first-order chi connectivity index (χ1) is 17.0. The molecule has 15 heteroatoms. The third-order valence-corrected chi connectivity index (χ3v) is 5.70. The highest BCUT2D eigenvalue weighted by molar-refractivity contribution is 5.78. The Hall–Kier alpha value is -2.85. The minimum absolute atomic E-state index is 0.00204. The van der Waals surface area contributed by atoms with E-state index in [1.54, 1.807) is 19.6 Å². The van der Waals surface area contributed by atoms with E-state index in [1.807, 2.05) is 0 Å². The molecule has 0 radical (unpaired) electrons. The highest BCUT2D eigenvalue weighted by Gasteiger charge is 2.21. The summed E-state index contributed by atoms with van der Waals surface area (Å²) >= 11 is 0. The second-order valence-corrected chi connectivity index (χ2v) is 8.72. The van der Waals surface area contributed by atoms with Crippen molar-refractivity contribution >= 4 is 29.8 Å². The van der Waals surface area contributed by atoms with Crippen LogP contribution in [-0.4, -0.2) is 161 Å². The van der Waals surface area contributed by atoms with Crippen LogP contribution in [0.1, 0.15) is 12.8 Å². The van der Waals surface area contributed by atoms with Crippen molar-refractivity contribution in [1.29, 1.82) is 0 Å². The predicted octanol–water partition coefficient (Wildman–Crippen LogP) is -3.23. The third kappa shape index (κ3) is 14.5. The number of carboxylic acids is 4. The van der Waals surface area contributed by atoms with E-state index in [9.17, 15) is 39.3 Å². The van der Waals surface area contributed by atoms with Gasteiger partial charge >= 0.3 is 23.9 Å². The van der Waals surface area contributed by atoms with Gasteiger partial charge in [0.15, 0.2) is 0 Å². The fourth-order valence-corrected chi connectivity index (χ4v) is 3.72. The number of carboxylic acid groups (broad SMARTS) is 4. The molecule has 1 heterocycles. The predicted molar refractivity (Wildman–Crippen MR) is 127 cm³/mol. The average Bonchev–Trinajstić information content (AvgIpc) is 2.77. The van der Waals surface area contributed by atoms with Gasteiger partial charge in [0.25, 0.3) is 0 Å². The maximum Gasteiger partial charge on any atom is 0.320 e. The number of nitrogens with zero attached hydrogens (tertiary/aromatic N) is 4. The molecule has 0 aromatic carbocycles. The van der Waals surface area contributed by atoms with Gasteiger partial charge in [0.1, 0.15) is 6.04 Å². The van der Waals surface area contributed by atoms with Gasteiger partial charge in [-0.25, -0.2) is 0 Å². The van der Waals surface area contributed by atoms with Gasteiger partial charge in [-0.05, 0) is 12.8 Å². The number of nitrogens with two attached hydrogens (primary N) is 1. The van der Waals surface area contributed by atoms with Crippen molar-refractivity contribution in [2.24, 2.45) is 5.73 Å². The van der Waals surface area contributed by atoms with Crippen LogP contribution in [0.5, 0.6) is 0 Å². The monoisotopic (exact) mass is 518 g/mol. The van der Waals surface area contributed by atoms with Crippen LogP contribution in [0.15, 0.2) is 0 Å². The first kappa shape index (κ1) is 31.2. The average molecular weight is 519 g/mol. The molecular weight excluding hydrogens is 480 g/mol. The van der Waals surface area contributed by atoms with Gasteiger partial charge in [0.05, 0.1) is 26.2 Å². The molecule has 1 atom stereocenters.